The zero-order valence-electron chi connectivity index (χ0n) is 25.8. The molecule has 3 amide bonds. The van der Waals surface area contributed by atoms with Gasteiger partial charge in [-0.25, -0.2) is 9.59 Å². The van der Waals surface area contributed by atoms with E-state index in [2.05, 4.69) is 31.5 Å². The van der Waals surface area contributed by atoms with Gasteiger partial charge in [-0.3, -0.25) is 15.0 Å². The first-order valence-corrected chi connectivity index (χ1v) is 16.7. The van der Waals surface area contributed by atoms with Crippen LogP contribution in [0, 0.1) is 0 Å². The molecule has 47 heavy (non-hydrogen) atoms. The van der Waals surface area contributed by atoms with Crippen LogP contribution in [0.5, 0.6) is 0 Å². The predicted octanol–water partition coefficient (Wildman–Crippen LogP) is 4.55. The highest BCUT2D eigenvalue weighted by Crippen LogP contribution is 2.43. The molecule has 2 aromatic carbocycles. The number of fused-ring (bicyclic) bond motifs is 2. The number of halogens is 4. The van der Waals surface area contributed by atoms with E-state index in [9.17, 15) is 27.6 Å². The fourth-order valence-corrected chi connectivity index (χ4v) is 7.61. The Kier molecular flexibility index (Phi) is 9.59. The van der Waals surface area contributed by atoms with E-state index in [1.165, 1.54) is 11.0 Å². The molecule has 1 atom stereocenters. The normalized spacial score (nSPS) is 21.1. The van der Waals surface area contributed by atoms with Crippen LogP contribution in [0.25, 0.3) is 0 Å². The monoisotopic (exact) mass is 722 g/mol. The van der Waals surface area contributed by atoms with Crippen molar-refractivity contribution in [2.24, 2.45) is 0 Å². The Balaban J connectivity index is 1.18. The van der Waals surface area contributed by atoms with E-state index in [-0.39, 0.29) is 29.5 Å². The zero-order chi connectivity index (χ0) is 33.3. The number of alkyl halides is 3. The fourth-order valence-electron chi connectivity index (χ4n) is 7.10. The van der Waals surface area contributed by atoms with Crippen LogP contribution in [0.4, 0.5) is 34.1 Å². The van der Waals surface area contributed by atoms with Crippen LogP contribution in [0.15, 0.2) is 40.9 Å². The first-order chi connectivity index (χ1) is 22.4. The summed E-state index contributed by atoms with van der Waals surface area (Å²) in [5, 5.41) is 6.05. The highest BCUT2D eigenvalue weighted by Gasteiger charge is 2.46. The van der Waals surface area contributed by atoms with Gasteiger partial charge in [-0.15, -0.1) is 0 Å². The molecule has 4 aliphatic heterocycles. The minimum Gasteiger partial charge on any atom is -0.438 e. The lowest BCUT2D eigenvalue weighted by Gasteiger charge is -2.44. The maximum Gasteiger partial charge on any atom is 0.418 e. The van der Waals surface area contributed by atoms with Crippen molar-refractivity contribution in [3.05, 3.63) is 57.6 Å². The third-order valence-corrected chi connectivity index (χ3v) is 10.3. The molecule has 1 spiro atoms. The number of nitrogens with two attached hydrogens (primary N) is 1. The van der Waals surface area contributed by atoms with Gasteiger partial charge in [-0.05, 0) is 52.5 Å². The number of hydrogen-bond donors (Lipinski definition) is 3. The van der Waals surface area contributed by atoms with Gasteiger partial charge in [0.2, 0.25) is 0 Å². The van der Waals surface area contributed by atoms with Gasteiger partial charge >= 0.3 is 18.4 Å². The van der Waals surface area contributed by atoms with E-state index in [0.717, 1.165) is 50.7 Å². The lowest BCUT2D eigenvalue weighted by Crippen LogP contribution is -2.54. The third kappa shape index (κ3) is 7.16. The molecule has 4 heterocycles. The van der Waals surface area contributed by atoms with Gasteiger partial charge in [0.25, 0.3) is 5.91 Å². The molecule has 4 aliphatic rings. The summed E-state index contributed by atoms with van der Waals surface area (Å²) in [4.78, 5) is 45.3. The summed E-state index contributed by atoms with van der Waals surface area (Å²) < 4.78 is 53.0. The van der Waals surface area contributed by atoms with E-state index >= 15 is 0 Å². The zero-order valence-corrected chi connectivity index (χ0v) is 27.4. The van der Waals surface area contributed by atoms with Crippen molar-refractivity contribution >= 4 is 45.4 Å². The molecular formula is C32H38BrF3N6O5. The number of likely N-dealkylation sites (tertiary alicyclic amines) is 2. The van der Waals surface area contributed by atoms with Crippen LogP contribution in [0.1, 0.15) is 42.4 Å². The summed E-state index contributed by atoms with van der Waals surface area (Å²) in [5.74, 6) is -0.451. The number of nitrogen functional groups attached to an aromatic ring is 1. The summed E-state index contributed by atoms with van der Waals surface area (Å²) in [5.41, 5.74) is 4.93. The number of rotatable bonds is 5. The Labute approximate surface area is 279 Å². The number of piperazine rings is 1. The molecule has 6 rings (SSSR count). The molecule has 0 aliphatic carbocycles. The van der Waals surface area contributed by atoms with Gasteiger partial charge < -0.3 is 30.3 Å². The molecule has 0 radical (unpaired) electrons. The number of benzene rings is 2. The van der Waals surface area contributed by atoms with Crippen molar-refractivity contribution in [1.82, 2.24) is 20.0 Å². The minimum absolute atomic E-state index is 0.0369. The number of anilines is 2. The lowest BCUT2D eigenvalue weighted by atomic mass is 9.82. The average molecular weight is 724 g/mol. The van der Waals surface area contributed by atoms with Crippen molar-refractivity contribution in [3.63, 3.8) is 0 Å². The molecule has 0 saturated carbocycles. The first-order valence-electron chi connectivity index (χ1n) is 15.9. The van der Waals surface area contributed by atoms with Gasteiger partial charge in [0.1, 0.15) is 5.60 Å². The second-order valence-corrected chi connectivity index (χ2v) is 13.4. The van der Waals surface area contributed by atoms with Gasteiger partial charge in [0.05, 0.1) is 16.9 Å². The standard InChI is InChI=1S/C32H38BrF3N6O5/c33-24-18-20(17-23(27(24)37)32(34,35)36)19-26(28(43)41-11-5-21(6-12-41)40-15-9-38-10-16-40)46-30(45)42-13-7-31(8-14-42)22-3-1-2-4-25(22)39-29(44)47-31/h1-4,17-18,21,26,38H,5-16,19,37H2,(H,39,44)/t26-/m1/s1. The second-order valence-electron chi connectivity index (χ2n) is 12.5. The maximum absolute atomic E-state index is 13.9. The molecule has 0 unspecified atom stereocenters. The Bertz CT molecular complexity index is 1500. The number of carbonyl (C=O) groups excluding carboxylic acids is 3. The van der Waals surface area contributed by atoms with Crippen molar-refractivity contribution < 1.29 is 37.0 Å². The van der Waals surface area contributed by atoms with Gasteiger partial charge in [0.15, 0.2) is 6.10 Å². The summed E-state index contributed by atoms with van der Waals surface area (Å²) in [6.07, 6.45) is -5.54. The summed E-state index contributed by atoms with van der Waals surface area (Å²) in [7, 11) is 0. The molecule has 0 bridgehead atoms. The topological polar surface area (TPSA) is 129 Å². The van der Waals surface area contributed by atoms with Crippen molar-refractivity contribution in [1.29, 1.82) is 0 Å². The number of nitrogens with zero attached hydrogens (tertiary/aromatic N) is 3. The molecule has 15 heteroatoms. The van der Waals surface area contributed by atoms with Crippen LogP contribution in [0.3, 0.4) is 0 Å². The van der Waals surface area contributed by atoms with Crippen LogP contribution < -0.4 is 16.4 Å². The molecule has 3 fully saturated rings. The number of ether oxygens (including phenoxy) is 2. The number of piperidine rings is 2. The van der Waals surface area contributed by atoms with Crippen LogP contribution in [0.2, 0.25) is 0 Å². The fraction of sp³-hybridized carbons (Fsp3) is 0.531. The number of amides is 3. The maximum atomic E-state index is 13.9. The Morgan fingerprint density at radius 3 is 2.40 bits per heavy atom. The highest BCUT2D eigenvalue weighted by atomic mass is 79.9. The molecular weight excluding hydrogens is 685 g/mol. The van der Waals surface area contributed by atoms with Crippen LogP contribution in [-0.2, 0) is 32.5 Å². The van der Waals surface area contributed by atoms with Crippen molar-refractivity contribution in [2.45, 2.75) is 56.0 Å². The molecule has 4 N–H and O–H groups in total. The average Bonchev–Trinajstić information content (AvgIpc) is 3.06. The quantitative estimate of drug-likeness (QED) is 0.384. The number of hydrogen-bond acceptors (Lipinski definition) is 8. The third-order valence-electron chi connectivity index (χ3n) is 9.65. The molecule has 11 nitrogen and oxygen atoms in total. The van der Waals surface area contributed by atoms with E-state index in [0.29, 0.717) is 37.7 Å². The Morgan fingerprint density at radius 2 is 1.72 bits per heavy atom. The van der Waals surface area contributed by atoms with E-state index in [4.69, 9.17) is 15.2 Å². The first kappa shape index (κ1) is 33.3. The predicted molar refractivity (Wildman–Crippen MR) is 171 cm³/mol. The smallest absolute Gasteiger partial charge is 0.418 e. The number of carbonyl (C=O) groups is 3. The number of para-hydroxylation sites is 1. The summed E-state index contributed by atoms with van der Waals surface area (Å²) in [6, 6.07) is 9.99. The van der Waals surface area contributed by atoms with Crippen LogP contribution in [-0.4, -0.2) is 97.3 Å². The molecule has 0 aromatic heterocycles. The van der Waals surface area contributed by atoms with Gasteiger partial charge in [-0.2, -0.15) is 13.2 Å². The Morgan fingerprint density at radius 1 is 1.04 bits per heavy atom. The van der Waals surface area contributed by atoms with E-state index < -0.39 is 47.2 Å². The van der Waals surface area contributed by atoms with Gasteiger partial charge in [-0.1, -0.05) is 18.2 Å². The van der Waals surface area contributed by atoms with Crippen molar-refractivity contribution in [3.8, 4) is 0 Å². The summed E-state index contributed by atoms with van der Waals surface area (Å²) in [6.45, 7) is 4.97. The molecule has 254 valence electrons. The van der Waals surface area contributed by atoms with E-state index in [1.54, 1.807) is 11.0 Å². The lowest BCUT2D eigenvalue weighted by molar-refractivity contribution is -0.142. The Hall–Kier alpha value is -3.56. The van der Waals surface area contributed by atoms with Crippen LogP contribution >= 0.6 is 15.9 Å². The van der Waals surface area contributed by atoms with Crippen molar-refractivity contribution in [2.75, 3.05) is 63.4 Å². The molecule has 2 aromatic rings. The SMILES string of the molecule is Nc1c(Br)cc(C[C@@H](OC(=O)N2CCC3(CC2)OC(=O)Nc2ccccc23)C(=O)N2CCC(N3CCNCC3)CC2)cc1C(F)(F)F. The largest absolute Gasteiger partial charge is 0.438 e. The van der Waals surface area contributed by atoms with E-state index in [1.807, 2.05) is 18.2 Å². The highest BCUT2D eigenvalue weighted by molar-refractivity contribution is 9.10. The van der Waals surface area contributed by atoms with Gasteiger partial charge in [0, 0.05) is 87.7 Å². The summed E-state index contributed by atoms with van der Waals surface area (Å²) >= 11 is 3.12. The number of nitrogens with one attached hydrogen (secondary N) is 2. The minimum atomic E-state index is -4.72. The second kappa shape index (κ2) is 13.5. The molecule has 3 saturated heterocycles.